The van der Waals surface area contributed by atoms with Crippen molar-refractivity contribution in [3.05, 3.63) is 82.4 Å². The van der Waals surface area contributed by atoms with Gasteiger partial charge in [0.25, 0.3) is 0 Å². The molecule has 0 amide bonds. The third-order valence-electron chi connectivity index (χ3n) is 4.75. The minimum Gasteiger partial charge on any atom is -0.504 e. The van der Waals surface area contributed by atoms with E-state index in [2.05, 4.69) is 0 Å². The van der Waals surface area contributed by atoms with E-state index < -0.39 is 34.8 Å². The average molecular weight is 531 g/mol. The molecule has 0 radical (unpaired) electrons. The summed E-state index contributed by atoms with van der Waals surface area (Å²) in [6.45, 7) is 6.85. The molecule has 0 spiro atoms. The Kier molecular flexibility index (Phi) is 9.51. The minimum atomic E-state index is -1.29. The van der Waals surface area contributed by atoms with Crippen LogP contribution in [0, 0.1) is 0 Å². The van der Waals surface area contributed by atoms with Crippen molar-refractivity contribution in [1.82, 2.24) is 0 Å². The molecule has 0 aliphatic carbocycles. The molecule has 3 aromatic carbocycles. The van der Waals surface area contributed by atoms with Crippen molar-refractivity contribution in [2.45, 2.75) is 39.4 Å². The lowest BCUT2D eigenvalue weighted by Gasteiger charge is -2.25. The molecule has 10 heteroatoms. The maximum atomic E-state index is 12.4. The Morgan fingerprint density at radius 3 is 1.70 bits per heavy atom. The van der Waals surface area contributed by atoms with E-state index in [1.54, 1.807) is 76.2 Å². The number of halogens is 1. The lowest BCUT2D eigenvalue weighted by molar-refractivity contribution is -0.163. The van der Waals surface area contributed by atoms with Gasteiger partial charge in [-0.3, -0.25) is 4.79 Å². The Morgan fingerprint density at radius 2 is 1.27 bits per heavy atom. The van der Waals surface area contributed by atoms with Crippen LogP contribution in [0.3, 0.4) is 0 Å². The molecule has 0 atom stereocenters. The van der Waals surface area contributed by atoms with Crippen molar-refractivity contribution in [3.8, 4) is 23.0 Å². The number of hydrogen-bond donors (Lipinski definition) is 4. The largest absolute Gasteiger partial charge is 0.504 e. The lowest BCUT2D eigenvalue weighted by atomic mass is 10.0. The van der Waals surface area contributed by atoms with Crippen LogP contribution >= 0.6 is 11.6 Å². The number of carbonyl (C=O) groups is 3. The summed E-state index contributed by atoms with van der Waals surface area (Å²) in [6, 6.07) is 15.0. The average Bonchev–Trinajstić information content (AvgIpc) is 2.82. The van der Waals surface area contributed by atoms with Gasteiger partial charge >= 0.3 is 11.9 Å². The number of carboxylic acids is 1. The van der Waals surface area contributed by atoms with Crippen molar-refractivity contribution in [3.63, 3.8) is 0 Å². The Morgan fingerprint density at radius 1 is 0.811 bits per heavy atom. The van der Waals surface area contributed by atoms with Crippen LogP contribution < -0.4 is 4.74 Å². The van der Waals surface area contributed by atoms with Gasteiger partial charge in [-0.25, -0.2) is 9.59 Å². The van der Waals surface area contributed by atoms with Gasteiger partial charge in [-0.2, -0.15) is 0 Å². The van der Waals surface area contributed by atoms with Crippen LogP contribution in [0.25, 0.3) is 0 Å². The molecule has 0 bridgehead atoms. The highest BCUT2D eigenvalue weighted by molar-refractivity contribution is 6.30. The number of hydrogen-bond acceptors (Lipinski definition) is 8. The van der Waals surface area contributed by atoms with E-state index >= 15 is 0 Å². The first-order valence-corrected chi connectivity index (χ1v) is 11.4. The van der Waals surface area contributed by atoms with E-state index in [1.165, 1.54) is 0 Å². The number of esters is 1. The predicted molar refractivity (Wildman–Crippen MR) is 136 cm³/mol. The normalized spacial score (nSPS) is 10.8. The Labute approximate surface area is 218 Å². The highest BCUT2D eigenvalue weighted by Crippen LogP contribution is 2.35. The van der Waals surface area contributed by atoms with Gasteiger partial charge in [-0.15, -0.1) is 0 Å². The number of phenols is 3. The summed E-state index contributed by atoms with van der Waals surface area (Å²) >= 11 is 5.84. The summed E-state index contributed by atoms with van der Waals surface area (Å²) in [5.41, 5.74) is -0.328. The molecule has 3 rings (SSSR count). The van der Waals surface area contributed by atoms with Crippen molar-refractivity contribution < 1.29 is 44.3 Å². The van der Waals surface area contributed by atoms with Crippen molar-refractivity contribution in [1.29, 1.82) is 0 Å². The summed E-state index contributed by atoms with van der Waals surface area (Å²) in [6.07, 6.45) is -0.213. The van der Waals surface area contributed by atoms with Crippen LogP contribution in [0.2, 0.25) is 5.02 Å². The van der Waals surface area contributed by atoms with E-state index in [4.69, 9.17) is 41.5 Å². The number of aromatic hydroxyl groups is 3. The van der Waals surface area contributed by atoms with E-state index in [0.717, 1.165) is 12.1 Å². The van der Waals surface area contributed by atoms with E-state index in [9.17, 15) is 14.4 Å². The van der Waals surface area contributed by atoms with Gasteiger partial charge in [0, 0.05) is 16.1 Å². The number of ketones is 1. The first-order valence-electron chi connectivity index (χ1n) is 11.0. The molecular weight excluding hydrogens is 504 g/mol. The first kappa shape index (κ1) is 29.0. The Bertz CT molecular complexity index is 1240. The van der Waals surface area contributed by atoms with Gasteiger partial charge < -0.3 is 29.9 Å². The maximum absolute atomic E-state index is 12.4. The van der Waals surface area contributed by atoms with Crippen LogP contribution in [0.5, 0.6) is 23.0 Å². The van der Waals surface area contributed by atoms with Crippen molar-refractivity contribution >= 4 is 29.3 Å². The lowest BCUT2D eigenvalue weighted by Crippen LogP contribution is -2.40. The SMILES string of the molecule is CC(C)OC(=O)C(C)(C)Oc1ccc(C(=O)c2ccc(Cl)cc2)cc1.O=C(O)c1cc(O)c(O)c(O)c1. The highest BCUT2D eigenvalue weighted by Gasteiger charge is 2.32. The molecule has 0 heterocycles. The number of phenolic OH excluding ortho intramolecular Hbond substituents is 3. The van der Waals surface area contributed by atoms with Gasteiger partial charge in [0.2, 0.25) is 0 Å². The van der Waals surface area contributed by atoms with E-state index in [1.807, 2.05) is 0 Å². The second kappa shape index (κ2) is 12.1. The fourth-order valence-corrected chi connectivity index (χ4v) is 2.99. The summed E-state index contributed by atoms with van der Waals surface area (Å²) in [4.78, 5) is 34.8. The second-order valence-electron chi connectivity index (χ2n) is 8.60. The topological polar surface area (TPSA) is 151 Å². The summed E-state index contributed by atoms with van der Waals surface area (Å²) in [5, 5.41) is 35.5. The second-order valence-corrected chi connectivity index (χ2v) is 9.03. The summed E-state index contributed by atoms with van der Waals surface area (Å²) in [5.74, 6) is -3.40. The molecule has 4 N–H and O–H groups in total. The fourth-order valence-electron chi connectivity index (χ4n) is 2.86. The van der Waals surface area contributed by atoms with Crippen molar-refractivity contribution in [2.75, 3.05) is 0 Å². The van der Waals surface area contributed by atoms with Crippen LogP contribution in [0.15, 0.2) is 60.7 Å². The van der Waals surface area contributed by atoms with Crippen LogP contribution in [-0.4, -0.2) is 49.9 Å². The van der Waals surface area contributed by atoms with E-state index in [0.29, 0.717) is 21.9 Å². The number of rotatable bonds is 7. The van der Waals surface area contributed by atoms with Crippen molar-refractivity contribution in [2.24, 2.45) is 0 Å². The monoisotopic (exact) mass is 530 g/mol. The molecule has 9 nitrogen and oxygen atoms in total. The van der Waals surface area contributed by atoms with Gasteiger partial charge in [0.1, 0.15) is 5.75 Å². The third kappa shape index (κ3) is 8.15. The number of benzene rings is 3. The van der Waals surface area contributed by atoms with Crippen LogP contribution in [-0.2, 0) is 9.53 Å². The maximum Gasteiger partial charge on any atom is 0.350 e. The first-order chi connectivity index (χ1) is 17.2. The molecule has 196 valence electrons. The zero-order valence-corrected chi connectivity index (χ0v) is 21.3. The number of aromatic carboxylic acids is 1. The molecule has 0 aliphatic rings. The molecule has 0 saturated carbocycles. The highest BCUT2D eigenvalue weighted by atomic mass is 35.5. The van der Waals surface area contributed by atoms with Gasteiger partial charge in [-0.05, 0) is 88.4 Å². The van der Waals surface area contributed by atoms with Gasteiger partial charge in [0.15, 0.2) is 28.6 Å². The zero-order chi connectivity index (χ0) is 27.9. The molecule has 0 aromatic heterocycles. The zero-order valence-electron chi connectivity index (χ0n) is 20.6. The molecule has 0 fully saturated rings. The number of ether oxygens (including phenoxy) is 2. The number of carbonyl (C=O) groups excluding carboxylic acids is 2. The van der Waals surface area contributed by atoms with Gasteiger partial charge in [0.05, 0.1) is 11.7 Å². The molecule has 3 aromatic rings. The molecule has 37 heavy (non-hydrogen) atoms. The van der Waals surface area contributed by atoms with Gasteiger partial charge in [-0.1, -0.05) is 11.6 Å². The van der Waals surface area contributed by atoms with Crippen LogP contribution in [0.1, 0.15) is 54.0 Å². The van der Waals surface area contributed by atoms with Crippen LogP contribution in [0.4, 0.5) is 0 Å². The number of carboxylic acid groups (broad SMARTS) is 1. The molecule has 0 saturated heterocycles. The summed E-state index contributed by atoms with van der Waals surface area (Å²) in [7, 11) is 0. The fraction of sp³-hybridized carbons (Fsp3) is 0.222. The van der Waals surface area contributed by atoms with E-state index in [-0.39, 0.29) is 17.5 Å². The molecular formula is C27H27ClO9. The summed E-state index contributed by atoms with van der Waals surface area (Å²) < 4.78 is 10.9. The smallest absolute Gasteiger partial charge is 0.350 e. The standard InChI is InChI=1S/C20H21ClO4.C7H6O5/c1-13(2)24-19(23)20(3,4)25-17-11-7-15(8-12-17)18(22)14-5-9-16(21)10-6-14;8-4-1-3(7(11)12)2-5(9)6(4)10/h5-13H,1-4H3;1-2,8-10H,(H,11,12). The predicted octanol–water partition coefficient (Wildman–Crippen LogP) is 5.18. The minimum absolute atomic E-state index is 0.110. The molecule has 0 aliphatic heterocycles. The molecule has 0 unspecified atom stereocenters. The Balaban J connectivity index is 0.000000335. The third-order valence-corrected chi connectivity index (χ3v) is 5.00. The Hall–Kier alpha value is -4.24. The quantitative estimate of drug-likeness (QED) is 0.184.